The van der Waals surface area contributed by atoms with Crippen LogP contribution in [-0.4, -0.2) is 18.4 Å². The van der Waals surface area contributed by atoms with Crippen LogP contribution in [0.4, 0.5) is 0 Å². The van der Waals surface area contributed by atoms with Crippen LogP contribution in [0.2, 0.25) is 0 Å². The first kappa shape index (κ1) is 20.9. The lowest BCUT2D eigenvalue weighted by Gasteiger charge is -2.05. The summed E-state index contributed by atoms with van der Waals surface area (Å²) in [6, 6.07) is 0. The molecule has 0 aliphatic carbocycles. The van der Waals surface area contributed by atoms with Gasteiger partial charge in [0, 0.05) is 12.0 Å². The van der Waals surface area contributed by atoms with Crippen LogP contribution in [0.3, 0.4) is 0 Å². The number of carbonyl (C=O) groups excluding carboxylic acids is 2. The first-order valence-electron chi connectivity index (χ1n) is 7.09. The summed E-state index contributed by atoms with van der Waals surface area (Å²) in [5.41, 5.74) is 1.14. The van der Waals surface area contributed by atoms with Crippen molar-refractivity contribution in [3.8, 4) is 0 Å². The highest BCUT2D eigenvalue weighted by atomic mass is 16.5. The zero-order valence-corrected chi connectivity index (χ0v) is 13.9. The first-order valence-corrected chi connectivity index (χ1v) is 7.09. The average molecular weight is 282 g/mol. The average Bonchev–Trinajstić information content (AvgIpc) is 2.27. The Morgan fingerprint density at radius 2 is 1.45 bits per heavy atom. The van der Waals surface area contributed by atoms with Crippen molar-refractivity contribution in [1.29, 1.82) is 0 Å². The molecule has 0 aromatic heterocycles. The van der Waals surface area contributed by atoms with E-state index in [1.807, 2.05) is 13.8 Å². The molecule has 0 bridgehead atoms. The van der Waals surface area contributed by atoms with Crippen molar-refractivity contribution in [2.24, 2.45) is 11.8 Å². The number of esters is 1. The summed E-state index contributed by atoms with van der Waals surface area (Å²) in [5.74, 6) is 0.928. The summed E-state index contributed by atoms with van der Waals surface area (Å²) in [5, 5.41) is 0. The highest BCUT2D eigenvalue weighted by Gasteiger charge is 2.04. The van der Waals surface area contributed by atoms with Crippen LogP contribution in [-0.2, 0) is 14.3 Å². The first-order chi connectivity index (χ1) is 9.07. The predicted octanol–water partition coefficient (Wildman–Crippen LogP) is 4.33. The molecular formula is C17H30O3. The number of ether oxygens (including phenoxy) is 1. The van der Waals surface area contributed by atoms with Crippen molar-refractivity contribution in [3.05, 3.63) is 24.3 Å². The largest absolute Gasteiger partial charge is 0.462 e. The van der Waals surface area contributed by atoms with Crippen LogP contribution in [0.5, 0.6) is 0 Å². The number of carbonyl (C=O) groups is 2. The Hall–Kier alpha value is -1.38. The van der Waals surface area contributed by atoms with Gasteiger partial charge in [0.15, 0.2) is 5.78 Å². The van der Waals surface area contributed by atoms with Crippen LogP contribution in [0, 0.1) is 11.8 Å². The van der Waals surface area contributed by atoms with Gasteiger partial charge in [-0.25, -0.2) is 4.79 Å². The number of allylic oxidation sites excluding steroid dienone is 1. The second kappa shape index (κ2) is 11.4. The molecule has 0 aromatic carbocycles. The van der Waals surface area contributed by atoms with Gasteiger partial charge in [-0.05, 0) is 37.7 Å². The minimum absolute atomic E-state index is 0.185. The van der Waals surface area contributed by atoms with Crippen LogP contribution >= 0.6 is 0 Å². The van der Waals surface area contributed by atoms with E-state index >= 15 is 0 Å². The van der Waals surface area contributed by atoms with E-state index in [9.17, 15) is 9.59 Å². The normalized spacial score (nSPS) is 9.80. The molecule has 0 atom stereocenters. The van der Waals surface area contributed by atoms with Gasteiger partial charge in [-0.15, -0.1) is 0 Å². The lowest BCUT2D eigenvalue weighted by molar-refractivity contribution is -0.139. The zero-order chi connectivity index (χ0) is 16.3. The summed E-state index contributed by atoms with van der Waals surface area (Å²) in [4.78, 5) is 21.7. The third-order valence-electron chi connectivity index (χ3n) is 2.35. The fourth-order valence-corrected chi connectivity index (χ4v) is 1.06. The molecule has 20 heavy (non-hydrogen) atoms. The Kier molecular flexibility index (Phi) is 12.0. The molecule has 0 aliphatic rings. The van der Waals surface area contributed by atoms with E-state index in [1.165, 1.54) is 0 Å². The van der Waals surface area contributed by atoms with Crippen LogP contribution in [0.15, 0.2) is 24.3 Å². The summed E-state index contributed by atoms with van der Waals surface area (Å²) in [7, 11) is 0. The molecule has 0 N–H and O–H groups in total. The third-order valence-corrected chi connectivity index (χ3v) is 2.35. The van der Waals surface area contributed by atoms with Gasteiger partial charge in [0.2, 0.25) is 0 Å². The highest BCUT2D eigenvalue weighted by Crippen LogP contribution is 2.04. The van der Waals surface area contributed by atoms with Crippen molar-refractivity contribution < 1.29 is 14.3 Å². The van der Waals surface area contributed by atoms with Crippen molar-refractivity contribution in [3.63, 3.8) is 0 Å². The molecule has 0 heterocycles. The summed E-state index contributed by atoms with van der Waals surface area (Å²) >= 11 is 0. The van der Waals surface area contributed by atoms with Crippen LogP contribution in [0.1, 0.15) is 54.4 Å². The number of hydrogen-bond donors (Lipinski definition) is 0. The van der Waals surface area contributed by atoms with Gasteiger partial charge >= 0.3 is 5.97 Å². The fraction of sp³-hybridized carbons (Fsp3) is 0.647. The van der Waals surface area contributed by atoms with Gasteiger partial charge < -0.3 is 4.74 Å². The van der Waals surface area contributed by atoms with Gasteiger partial charge in [0.05, 0.1) is 6.61 Å². The fourth-order valence-electron chi connectivity index (χ4n) is 1.06. The van der Waals surface area contributed by atoms with E-state index < -0.39 is 0 Å². The van der Waals surface area contributed by atoms with E-state index in [-0.39, 0.29) is 11.8 Å². The van der Waals surface area contributed by atoms with E-state index in [4.69, 9.17) is 4.74 Å². The lowest BCUT2D eigenvalue weighted by atomic mass is 10.0. The number of ketones is 1. The second-order valence-electron chi connectivity index (χ2n) is 5.90. The molecule has 116 valence electrons. The molecule has 0 aromatic rings. The molecule has 3 nitrogen and oxygen atoms in total. The topological polar surface area (TPSA) is 43.4 Å². The number of rotatable bonds is 7. The summed E-state index contributed by atoms with van der Waals surface area (Å²) < 4.78 is 4.88. The zero-order valence-electron chi connectivity index (χ0n) is 13.9. The molecule has 0 saturated heterocycles. The molecule has 0 amide bonds. The Labute approximate surface area is 124 Å². The van der Waals surface area contributed by atoms with Crippen LogP contribution < -0.4 is 0 Å². The molecule has 0 saturated carbocycles. The molecule has 0 radical (unpaired) electrons. The van der Waals surface area contributed by atoms with Crippen molar-refractivity contribution >= 4 is 11.8 Å². The van der Waals surface area contributed by atoms with Gasteiger partial charge in [0.1, 0.15) is 0 Å². The molecule has 0 aliphatic heterocycles. The number of hydrogen-bond acceptors (Lipinski definition) is 3. The Morgan fingerprint density at radius 3 is 1.70 bits per heavy atom. The van der Waals surface area contributed by atoms with Crippen molar-refractivity contribution in [2.75, 3.05) is 6.61 Å². The van der Waals surface area contributed by atoms with E-state index in [2.05, 4.69) is 27.0 Å². The lowest BCUT2D eigenvalue weighted by Crippen LogP contribution is -2.07. The van der Waals surface area contributed by atoms with Crippen LogP contribution in [0.25, 0.3) is 0 Å². The summed E-state index contributed by atoms with van der Waals surface area (Å²) in [6.45, 7) is 19.2. The minimum atomic E-state index is -0.286. The van der Waals surface area contributed by atoms with E-state index in [0.29, 0.717) is 36.0 Å². The molecule has 3 heteroatoms. The quantitative estimate of drug-likeness (QED) is 0.515. The Bertz CT molecular complexity index is 338. The molecular weight excluding hydrogens is 252 g/mol. The molecule has 0 rings (SSSR count). The van der Waals surface area contributed by atoms with E-state index in [1.54, 1.807) is 13.8 Å². The number of Topliss-reactive ketones (excluding diaryl/α,β-unsaturated/α-hetero) is 1. The minimum Gasteiger partial charge on any atom is -0.462 e. The standard InChI is InChI=1S/C9H16O2.C8H14O/c1-7(2)5-6-11-9(10)8(3)4;1-6(2)5-8(9)7(3)4/h7H,3,5-6H2,1-2,4H3;6H,3,5H2,1-2,4H3. The Morgan fingerprint density at radius 1 is 0.950 bits per heavy atom. The SMILES string of the molecule is C=C(C)C(=O)CC(C)C.C=C(C)C(=O)OCCC(C)C. The molecule has 0 fully saturated rings. The molecule has 0 unspecified atom stereocenters. The van der Waals surface area contributed by atoms with E-state index in [0.717, 1.165) is 6.42 Å². The third kappa shape index (κ3) is 14.7. The maximum atomic E-state index is 10.9. The van der Waals surface area contributed by atoms with Gasteiger partial charge in [-0.2, -0.15) is 0 Å². The van der Waals surface area contributed by atoms with Gasteiger partial charge in [-0.3, -0.25) is 4.79 Å². The monoisotopic (exact) mass is 282 g/mol. The van der Waals surface area contributed by atoms with Crippen molar-refractivity contribution in [2.45, 2.75) is 54.4 Å². The molecule has 0 spiro atoms. The predicted molar refractivity (Wildman–Crippen MR) is 84.5 cm³/mol. The smallest absolute Gasteiger partial charge is 0.333 e. The summed E-state index contributed by atoms with van der Waals surface area (Å²) in [6.07, 6.45) is 1.55. The Balaban J connectivity index is 0. The van der Waals surface area contributed by atoms with Crippen molar-refractivity contribution in [1.82, 2.24) is 0 Å². The highest BCUT2D eigenvalue weighted by molar-refractivity contribution is 5.94. The maximum Gasteiger partial charge on any atom is 0.333 e. The maximum absolute atomic E-state index is 10.9. The van der Waals surface area contributed by atoms with Gasteiger partial charge in [0.25, 0.3) is 0 Å². The van der Waals surface area contributed by atoms with Gasteiger partial charge in [-0.1, -0.05) is 40.9 Å². The second-order valence-corrected chi connectivity index (χ2v) is 5.90.